The Kier molecular flexibility index (Phi) is 6.52. The first-order chi connectivity index (χ1) is 9.99. The van der Waals surface area contributed by atoms with E-state index < -0.39 is 23.7 Å². The molecule has 1 saturated heterocycles. The van der Waals surface area contributed by atoms with E-state index in [0.29, 0.717) is 19.8 Å². The second-order valence-corrected chi connectivity index (χ2v) is 7.24. The van der Waals surface area contributed by atoms with Gasteiger partial charge in [0.1, 0.15) is 6.04 Å². The van der Waals surface area contributed by atoms with Crippen LogP contribution in [-0.4, -0.2) is 50.0 Å². The normalized spacial score (nSPS) is 18.9. The van der Waals surface area contributed by atoms with Crippen LogP contribution in [0.3, 0.4) is 0 Å². The largest absolute Gasteiger partial charge is 0.408 e. The van der Waals surface area contributed by atoms with Gasteiger partial charge in [0.15, 0.2) is 0 Å². The summed E-state index contributed by atoms with van der Waals surface area (Å²) in [5, 5.41) is 2.13. The van der Waals surface area contributed by atoms with E-state index >= 15 is 0 Å². The van der Waals surface area contributed by atoms with Gasteiger partial charge in [-0.1, -0.05) is 20.8 Å². The maximum absolute atomic E-state index is 13.1. The number of carbonyl (C=O) groups is 1. The van der Waals surface area contributed by atoms with Crippen LogP contribution in [0.2, 0.25) is 0 Å². The lowest BCUT2D eigenvalue weighted by atomic mass is 9.88. The monoisotopic (exact) mass is 324 g/mol. The average molecular weight is 324 g/mol. The molecule has 4 nitrogen and oxygen atoms in total. The number of carbonyl (C=O) groups excluding carboxylic acids is 1. The summed E-state index contributed by atoms with van der Waals surface area (Å²) < 4.78 is 44.5. The van der Waals surface area contributed by atoms with Crippen molar-refractivity contribution >= 4 is 6.03 Å². The van der Waals surface area contributed by atoms with Gasteiger partial charge in [0, 0.05) is 26.8 Å². The molecule has 0 radical (unpaired) electrons. The molecule has 0 aromatic carbocycles. The Balaban J connectivity index is 2.57. The first-order valence-corrected chi connectivity index (χ1v) is 7.65. The molecule has 1 atom stereocenters. The number of amides is 2. The van der Waals surface area contributed by atoms with Crippen molar-refractivity contribution < 1.29 is 22.7 Å². The molecule has 0 aromatic rings. The molecule has 1 fully saturated rings. The summed E-state index contributed by atoms with van der Waals surface area (Å²) in [5.74, 6) is 0.288. The predicted octanol–water partition coefficient (Wildman–Crippen LogP) is 3.42. The average Bonchev–Trinajstić information content (AvgIpc) is 2.36. The number of urea groups is 1. The third-order valence-corrected chi connectivity index (χ3v) is 3.73. The lowest BCUT2D eigenvalue weighted by Gasteiger charge is -2.31. The molecule has 1 heterocycles. The van der Waals surface area contributed by atoms with Crippen molar-refractivity contribution in [3.63, 3.8) is 0 Å². The maximum atomic E-state index is 13.1. The highest BCUT2D eigenvalue weighted by Crippen LogP contribution is 2.30. The predicted molar refractivity (Wildman–Crippen MR) is 78.6 cm³/mol. The van der Waals surface area contributed by atoms with Crippen LogP contribution >= 0.6 is 0 Å². The molecule has 0 bridgehead atoms. The Labute approximate surface area is 130 Å². The van der Waals surface area contributed by atoms with Crippen molar-refractivity contribution in [1.29, 1.82) is 0 Å². The molecule has 130 valence electrons. The molecule has 0 aliphatic carbocycles. The Morgan fingerprint density at radius 1 is 1.27 bits per heavy atom. The van der Waals surface area contributed by atoms with E-state index in [1.165, 1.54) is 11.9 Å². The van der Waals surface area contributed by atoms with E-state index in [9.17, 15) is 18.0 Å². The molecule has 0 spiro atoms. The van der Waals surface area contributed by atoms with Crippen molar-refractivity contribution in [3.8, 4) is 0 Å². The number of hydrogen-bond acceptors (Lipinski definition) is 2. The molecular weight excluding hydrogens is 297 g/mol. The molecule has 0 aromatic heterocycles. The van der Waals surface area contributed by atoms with Crippen LogP contribution in [0, 0.1) is 11.3 Å². The third-order valence-electron chi connectivity index (χ3n) is 3.73. The Hall–Kier alpha value is -0.980. The summed E-state index contributed by atoms with van der Waals surface area (Å²) in [4.78, 5) is 13.4. The molecule has 1 aliphatic rings. The zero-order valence-corrected chi connectivity index (χ0v) is 13.8. The van der Waals surface area contributed by atoms with Crippen LogP contribution in [0.15, 0.2) is 0 Å². The lowest BCUT2D eigenvalue weighted by Crippen LogP contribution is -2.52. The van der Waals surface area contributed by atoms with Crippen molar-refractivity contribution in [3.05, 3.63) is 0 Å². The van der Waals surface area contributed by atoms with Crippen molar-refractivity contribution in [1.82, 2.24) is 10.2 Å². The van der Waals surface area contributed by atoms with Gasteiger partial charge in [-0.25, -0.2) is 4.79 Å². The topological polar surface area (TPSA) is 41.6 Å². The molecule has 7 heteroatoms. The van der Waals surface area contributed by atoms with Gasteiger partial charge < -0.3 is 15.0 Å². The van der Waals surface area contributed by atoms with E-state index in [1.54, 1.807) is 20.8 Å². The standard InChI is InChI=1S/C15H27F3N2O2/c1-14(2,3)9-12(15(16,17)18)19-13(21)20(4)10-11-5-7-22-8-6-11/h11-12H,5-10H2,1-4H3,(H,19,21). The minimum atomic E-state index is -4.44. The highest BCUT2D eigenvalue weighted by atomic mass is 19.4. The van der Waals surface area contributed by atoms with E-state index in [1.807, 2.05) is 0 Å². The molecule has 1 unspecified atom stereocenters. The second kappa shape index (κ2) is 7.53. The number of alkyl halides is 3. The number of nitrogens with zero attached hydrogens (tertiary/aromatic N) is 1. The minimum Gasteiger partial charge on any atom is -0.381 e. The van der Waals surface area contributed by atoms with E-state index in [2.05, 4.69) is 5.32 Å². The zero-order valence-electron chi connectivity index (χ0n) is 13.8. The molecule has 0 saturated carbocycles. The van der Waals surface area contributed by atoms with Crippen LogP contribution in [0.25, 0.3) is 0 Å². The number of ether oxygens (including phenoxy) is 1. The highest BCUT2D eigenvalue weighted by molar-refractivity contribution is 5.74. The lowest BCUT2D eigenvalue weighted by molar-refractivity contribution is -0.159. The van der Waals surface area contributed by atoms with Gasteiger partial charge in [-0.2, -0.15) is 13.2 Å². The van der Waals surface area contributed by atoms with Gasteiger partial charge in [0.05, 0.1) is 0 Å². The van der Waals surface area contributed by atoms with Crippen molar-refractivity contribution in [2.24, 2.45) is 11.3 Å². The van der Waals surface area contributed by atoms with Gasteiger partial charge >= 0.3 is 12.2 Å². The fourth-order valence-electron chi connectivity index (χ4n) is 2.52. The minimum absolute atomic E-state index is 0.145. The first kappa shape index (κ1) is 19.1. The SMILES string of the molecule is CN(CC1CCOCC1)C(=O)NC(CC(C)(C)C)C(F)(F)F. The van der Waals surface area contributed by atoms with Crippen LogP contribution in [0.1, 0.15) is 40.0 Å². The first-order valence-electron chi connectivity index (χ1n) is 7.65. The van der Waals surface area contributed by atoms with Crippen LogP contribution in [0.5, 0.6) is 0 Å². The van der Waals surface area contributed by atoms with Gasteiger partial charge in [-0.3, -0.25) is 0 Å². The van der Waals surface area contributed by atoms with Crippen molar-refractivity contribution in [2.45, 2.75) is 52.3 Å². The molecule has 22 heavy (non-hydrogen) atoms. The smallest absolute Gasteiger partial charge is 0.381 e. The maximum Gasteiger partial charge on any atom is 0.408 e. The summed E-state index contributed by atoms with van der Waals surface area (Å²) in [6.45, 7) is 6.93. The quantitative estimate of drug-likeness (QED) is 0.861. The number of nitrogens with one attached hydrogen (secondary N) is 1. The third kappa shape index (κ3) is 6.85. The summed E-state index contributed by atoms with van der Waals surface area (Å²) in [6.07, 6.45) is -2.92. The summed E-state index contributed by atoms with van der Waals surface area (Å²) in [6, 6.07) is -2.49. The highest BCUT2D eigenvalue weighted by Gasteiger charge is 2.43. The van der Waals surface area contributed by atoms with Gasteiger partial charge in [-0.05, 0) is 30.6 Å². The molecule has 1 N–H and O–H groups in total. The number of rotatable bonds is 4. The van der Waals surface area contributed by atoms with Crippen LogP contribution < -0.4 is 5.32 Å². The Bertz CT molecular complexity index is 361. The second-order valence-electron chi connectivity index (χ2n) is 7.24. The molecule has 1 rings (SSSR count). The number of halogens is 3. The molecule has 1 aliphatic heterocycles. The van der Waals surface area contributed by atoms with E-state index in [-0.39, 0.29) is 12.3 Å². The fraction of sp³-hybridized carbons (Fsp3) is 0.933. The van der Waals surface area contributed by atoms with Crippen molar-refractivity contribution in [2.75, 3.05) is 26.8 Å². The Morgan fingerprint density at radius 3 is 2.27 bits per heavy atom. The van der Waals surface area contributed by atoms with Crippen LogP contribution in [-0.2, 0) is 4.74 Å². The van der Waals surface area contributed by atoms with E-state index in [0.717, 1.165) is 12.8 Å². The number of hydrogen-bond donors (Lipinski definition) is 1. The molecule has 2 amide bonds. The van der Waals surface area contributed by atoms with Gasteiger partial charge in [0.25, 0.3) is 0 Å². The van der Waals surface area contributed by atoms with Gasteiger partial charge in [0.2, 0.25) is 0 Å². The summed E-state index contributed by atoms with van der Waals surface area (Å²) >= 11 is 0. The molecular formula is C15H27F3N2O2. The van der Waals surface area contributed by atoms with Gasteiger partial charge in [-0.15, -0.1) is 0 Å². The van der Waals surface area contributed by atoms with Crippen LogP contribution in [0.4, 0.5) is 18.0 Å². The fourth-order valence-corrected chi connectivity index (χ4v) is 2.52. The Morgan fingerprint density at radius 2 is 1.82 bits per heavy atom. The summed E-state index contributed by atoms with van der Waals surface area (Å²) in [5.41, 5.74) is -0.521. The summed E-state index contributed by atoms with van der Waals surface area (Å²) in [7, 11) is 1.54. The van der Waals surface area contributed by atoms with E-state index in [4.69, 9.17) is 4.74 Å². The zero-order chi connectivity index (χ0) is 17.0.